The van der Waals surface area contributed by atoms with Crippen LogP contribution in [0.5, 0.6) is 0 Å². The summed E-state index contributed by atoms with van der Waals surface area (Å²) in [7, 11) is -1.86. The minimum absolute atomic E-state index is 0.0203. The summed E-state index contributed by atoms with van der Waals surface area (Å²) < 4.78 is 6.39. The van der Waals surface area contributed by atoms with E-state index in [1.807, 2.05) is 30.9 Å². The monoisotopic (exact) mass is 374 g/mol. The van der Waals surface area contributed by atoms with Gasteiger partial charge in [-0.15, -0.1) is 0 Å². The largest absolute Gasteiger partial charge is 0.415 e. The van der Waals surface area contributed by atoms with E-state index in [1.54, 1.807) is 0 Å². The van der Waals surface area contributed by atoms with E-state index in [1.165, 1.54) is 0 Å². The Morgan fingerprint density at radius 2 is 1.88 bits per heavy atom. The number of benzene rings is 1. The van der Waals surface area contributed by atoms with Crippen LogP contribution >= 0.6 is 0 Å². The van der Waals surface area contributed by atoms with Crippen molar-refractivity contribution in [2.24, 2.45) is 0 Å². The molecule has 0 unspecified atom stereocenters. The Kier molecular flexibility index (Phi) is 5.73. The number of amides is 1. The Bertz CT molecular complexity index is 719. The highest BCUT2D eigenvalue weighted by atomic mass is 28.4. The molecule has 0 bridgehead atoms. The number of carbonyl (C=O) groups is 1. The molecular weight excluding hydrogens is 340 g/mol. The van der Waals surface area contributed by atoms with Gasteiger partial charge in [0.05, 0.1) is 18.2 Å². The van der Waals surface area contributed by atoms with Gasteiger partial charge in [0.1, 0.15) is 0 Å². The van der Waals surface area contributed by atoms with Gasteiger partial charge in [-0.25, -0.2) is 0 Å². The zero-order valence-electron chi connectivity index (χ0n) is 17.4. The molecule has 1 atom stereocenters. The van der Waals surface area contributed by atoms with Crippen molar-refractivity contribution in [2.75, 3.05) is 18.9 Å². The van der Waals surface area contributed by atoms with Gasteiger partial charge in [0.2, 0.25) is 0 Å². The number of hydrogen-bond donors (Lipinski definition) is 1. The number of anilines is 1. The number of likely N-dealkylation sites (tertiary alicyclic amines) is 1. The van der Waals surface area contributed by atoms with Gasteiger partial charge in [-0.05, 0) is 61.7 Å². The van der Waals surface area contributed by atoms with E-state index in [9.17, 15) is 4.79 Å². The van der Waals surface area contributed by atoms with Gasteiger partial charge < -0.3 is 15.1 Å². The number of nitrogens with two attached hydrogens (primary N) is 1. The second-order valence-electron chi connectivity index (χ2n) is 9.14. The van der Waals surface area contributed by atoms with E-state index in [4.69, 9.17) is 10.2 Å². The van der Waals surface area contributed by atoms with E-state index in [0.717, 1.165) is 23.1 Å². The van der Waals surface area contributed by atoms with Crippen molar-refractivity contribution in [2.45, 2.75) is 65.2 Å². The molecule has 1 aromatic rings. The van der Waals surface area contributed by atoms with Gasteiger partial charge in [-0.2, -0.15) is 0 Å². The predicted octanol–water partition coefficient (Wildman–Crippen LogP) is 4.68. The van der Waals surface area contributed by atoms with E-state index in [0.29, 0.717) is 24.4 Å². The molecule has 0 aromatic heterocycles. The van der Waals surface area contributed by atoms with Crippen LogP contribution < -0.4 is 5.73 Å². The summed E-state index contributed by atoms with van der Waals surface area (Å²) in [4.78, 5) is 15.1. The standard InChI is InChI=1S/C21H34N2O2Si/c1-14-9-17(13-25-26(7,8)21(4,5)6)23(12-14)20(24)18-10-15(2)16(3)11-19(18)22/h10-11,17H,1,9,12-13,22H2,2-8H3/t17-/m0/s1. The molecule has 1 aliphatic heterocycles. The summed E-state index contributed by atoms with van der Waals surface area (Å²) in [6.07, 6.45) is 0.797. The van der Waals surface area contributed by atoms with Crippen LogP contribution in [-0.4, -0.2) is 38.3 Å². The van der Waals surface area contributed by atoms with Gasteiger partial charge in [-0.1, -0.05) is 32.9 Å². The second-order valence-corrected chi connectivity index (χ2v) is 13.9. The first kappa shape index (κ1) is 20.7. The molecule has 2 N–H and O–H groups in total. The molecule has 0 radical (unpaired) electrons. The van der Waals surface area contributed by atoms with Gasteiger partial charge in [0, 0.05) is 12.2 Å². The van der Waals surface area contributed by atoms with E-state index < -0.39 is 8.32 Å². The van der Waals surface area contributed by atoms with Gasteiger partial charge >= 0.3 is 0 Å². The van der Waals surface area contributed by atoms with Crippen molar-refractivity contribution in [3.8, 4) is 0 Å². The molecule has 4 nitrogen and oxygen atoms in total. The zero-order valence-corrected chi connectivity index (χ0v) is 18.4. The predicted molar refractivity (Wildman–Crippen MR) is 112 cm³/mol. The molecule has 1 amide bonds. The summed E-state index contributed by atoms with van der Waals surface area (Å²) >= 11 is 0. The Morgan fingerprint density at radius 3 is 2.46 bits per heavy atom. The molecule has 1 aliphatic rings. The molecule has 0 spiro atoms. The first-order chi connectivity index (χ1) is 11.8. The van der Waals surface area contributed by atoms with Crippen LogP contribution in [-0.2, 0) is 4.43 Å². The van der Waals surface area contributed by atoms with Crippen LogP contribution in [0.15, 0.2) is 24.3 Å². The molecule has 1 fully saturated rings. The van der Waals surface area contributed by atoms with Crippen molar-refractivity contribution in [3.63, 3.8) is 0 Å². The van der Waals surface area contributed by atoms with Crippen molar-refractivity contribution in [1.29, 1.82) is 0 Å². The number of carbonyl (C=O) groups excluding carboxylic acids is 1. The Hall–Kier alpha value is -1.59. The summed E-state index contributed by atoms with van der Waals surface area (Å²) in [6.45, 7) is 20.4. The highest BCUT2D eigenvalue weighted by Crippen LogP contribution is 2.37. The van der Waals surface area contributed by atoms with Crippen LogP contribution in [0.3, 0.4) is 0 Å². The molecule has 5 heteroatoms. The van der Waals surface area contributed by atoms with Crippen molar-refractivity contribution in [1.82, 2.24) is 4.90 Å². The normalized spacial score (nSPS) is 18.5. The van der Waals surface area contributed by atoms with Crippen LogP contribution in [0.1, 0.15) is 48.7 Å². The minimum Gasteiger partial charge on any atom is -0.415 e. The molecule has 1 aromatic carbocycles. The number of aryl methyl sites for hydroxylation is 2. The molecule has 0 saturated carbocycles. The number of hydrogen-bond acceptors (Lipinski definition) is 3. The molecule has 144 valence electrons. The topological polar surface area (TPSA) is 55.6 Å². The average Bonchev–Trinajstić information content (AvgIpc) is 2.88. The molecule has 26 heavy (non-hydrogen) atoms. The lowest BCUT2D eigenvalue weighted by atomic mass is 10.0. The zero-order chi connectivity index (χ0) is 19.9. The Balaban J connectivity index is 2.21. The van der Waals surface area contributed by atoms with Gasteiger partial charge in [0.15, 0.2) is 8.32 Å². The third kappa shape index (κ3) is 4.21. The lowest BCUT2D eigenvalue weighted by Gasteiger charge is -2.38. The molecule has 2 rings (SSSR count). The maximum absolute atomic E-state index is 13.2. The van der Waals surface area contributed by atoms with Crippen LogP contribution in [0.25, 0.3) is 0 Å². The number of nitrogen functional groups attached to an aromatic ring is 1. The van der Waals surface area contributed by atoms with Crippen LogP contribution in [0.4, 0.5) is 5.69 Å². The molecule has 1 heterocycles. The van der Waals surface area contributed by atoms with Gasteiger partial charge in [-0.3, -0.25) is 4.79 Å². The lowest BCUT2D eigenvalue weighted by molar-refractivity contribution is 0.0686. The van der Waals surface area contributed by atoms with Crippen LogP contribution in [0, 0.1) is 13.8 Å². The fourth-order valence-corrected chi connectivity index (χ4v) is 4.01. The summed E-state index contributed by atoms with van der Waals surface area (Å²) in [5.41, 5.74) is 10.5. The van der Waals surface area contributed by atoms with E-state index in [-0.39, 0.29) is 17.0 Å². The maximum Gasteiger partial charge on any atom is 0.256 e. The summed E-state index contributed by atoms with van der Waals surface area (Å²) in [5.74, 6) is -0.0203. The highest BCUT2D eigenvalue weighted by molar-refractivity contribution is 6.74. The highest BCUT2D eigenvalue weighted by Gasteiger charge is 2.40. The first-order valence-corrected chi connectivity index (χ1v) is 12.2. The smallest absolute Gasteiger partial charge is 0.256 e. The van der Waals surface area contributed by atoms with E-state index >= 15 is 0 Å². The Morgan fingerprint density at radius 1 is 1.31 bits per heavy atom. The molecule has 1 saturated heterocycles. The van der Waals surface area contributed by atoms with E-state index in [2.05, 4.69) is 40.4 Å². The Labute approximate surface area is 159 Å². The lowest BCUT2D eigenvalue weighted by Crippen LogP contribution is -2.46. The van der Waals surface area contributed by atoms with Crippen molar-refractivity contribution >= 4 is 19.9 Å². The minimum atomic E-state index is -1.86. The SMILES string of the molecule is C=C1C[C@@H](CO[Si](C)(C)C(C)(C)C)N(C(=O)c2cc(C)c(C)cc2N)C1. The summed E-state index contributed by atoms with van der Waals surface area (Å²) in [5, 5.41) is 0.149. The second kappa shape index (κ2) is 7.20. The van der Waals surface area contributed by atoms with Crippen molar-refractivity contribution < 1.29 is 9.22 Å². The summed E-state index contributed by atoms with van der Waals surface area (Å²) in [6, 6.07) is 3.82. The molecule has 0 aliphatic carbocycles. The first-order valence-electron chi connectivity index (χ1n) is 9.32. The third-order valence-corrected chi connectivity index (χ3v) is 10.5. The number of nitrogens with zero attached hydrogens (tertiary/aromatic N) is 1. The van der Waals surface area contributed by atoms with Gasteiger partial charge in [0.25, 0.3) is 5.91 Å². The fraction of sp³-hybridized carbons (Fsp3) is 0.571. The molecular formula is C21H34N2O2Si. The van der Waals surface area contributed by atoms with Crippen LogP contribution in [0.2, 0.25) is 18.1 Å². The number of rotatable bonds is 4. The third-order valence-electron chi connectivity index (χ3n) is 5.96. The maximum atomic E-state index is 13.2. The quantitative estimate of drug-likeness (QED) is 0.473. The van der Waals surface area contributed by atoms with Crippen molar-refractivity contribution in [3.05, 3.63) is 41.0 Å². The fourth-order valence-electron chi connectivity index (χ4n) is 2.96. The average molecular weight is 375 g/mol.